The third-order valence-electron chi connectivity index (χ3n) is 4.22. The van der Waals surface area contributed by atoms with Crippen LogP contribution in [0.15, 0.2) is 41.4 Å². The fourth-order valence-electron chi connectivity index (χ4n) is 2.69. The minimum atomic E-state index is -3.50. The molecule has 0 aliphatic carbocycles. The zero-order valence-corrected chi connectivity index (χ0v) is 14.0. The number of hydrogen-bond acceptors (Lipinski definition) is 4. The Labute approximate surface area is 137 Å². The maximum atomic E-state index is 12.7. The fourth-order valence-corrected chi connectivity index (χ4v) is 4.26. The molecule has 1 aromatic heterocycles. The number of pyridine rings is 1. The molecule has 1 saturated heterocycles. The monoisotopic (exact) mass is 341 g/mol. The van der Waals surface area contributed by atoms with Gasteiger partial charge >= 0.3 is 0 Å². The number of hydrogen-bond donors (Lipinski definition) is 1. The maximum absolute atomic E-state index is 12.7. The van der Waals surface area contributed by atoms with E-state index in [1.807, 2.05) is 31.2 Å². The Balaban J connectivity index is 0.00000176. The molecule has 1 unspecified atom stereocenters. The third kappa shape index (κ3) is 2.96. The Hall–Kier alpha value is -1.21. The highest BCUT2D eigenvalue weighted by Gasteiger charge is 2.39. The van der Waals surface area contributed by atoms with Gasteiger partial charge < -0.3 is 5.73 Å². The average Bonchev–Trinajstić information content (AvgIpc) is 2.91. The largest absolute Gasteiger partial charge is 0.330 e. The molecule has 1 atom stereocenters. The number of nitrogens with zero attached hydrogens (tertiary/aromatic N) is 2. The maximum Gasteiger partial charge on any atom is 0.244 e. The lowest BCUT2D eigenvalue weighted by Crippen LogP contribution is -2.34. The summed E-state index contributed by atoms with van der Waals surface area (Å²) in [5, 5.41) is 0.833. The summed E-state index contributed by atoms with van der Waals surface area (Å²) in [4.78, 5) is 4.50. The summed E-state index contributed by atoms with van der Waals surface area (Å²) in [6.07, 6.45) is 2.24. The normalized spacial score (nSPS) is 22.6. The molecule has 5 nitrogen and oxygen atoms in total. The van der Waals surface area contributed by atoms with Crippen LogP contribution in [0.5, 0.6) is 0 Å². The first kappa shape index (κ1) is 17.1. The lowest BCUT2D eigenvalue weighted by Gasteiger charge is -2.22. The van der Waals surface area contributed by atoms with Gasteiger partial charge in [0.1, 0.15) is 4.90 Å². The first-order chi connectivity index (χ1) is 9.94. The van der Waals surface area contributed by atoms with Crippen molar-refractivity contribution >= 4 is 33.3 Å². The van der Waals surface area contributed by atoms with Gasteiger partial charge in [-0.3, -0.25) is 4.98 Å². The summed E-state index contributed by atoms with van der Waals surface area (Å²) in [6, 6.07) is 9.19. The van der Waals surface area contributed by atoms with Crippen molar-refractivity contribution in [2.45, 2.75) is 18.2 Å². The summed E-state index contributed by atoms with van der Waals surface area (Å²) in [7, 11) is -3.50. The van der Waals surface area contributed by atoms with Gasteiger partial charge in [0, 0.05) is 24.7 Å². The lowest BCUT2D eigenvalue weighted by molar-refractivity contribution is 0.349. The van der Waals surface area contributed by atoms with E-state index in [4.69, 9.17) is 5.73 Å². The second-order valence-electron chi connectivity index (χ2n) is 5.97. The van der Waals surface area contributed by atoms with Crippen LogP contribution in [0.3, 0.4) is 0 Å². The van der Waals surface area contributed by atoms with E-state index in [9.17, 15) is 8.42 Å². The third-order valence-corrected chi connectivity index (χ3v) is 6.03. The Morgan fingerprint density at radius 1 is 1.36 bits per heavy atom. The zero-order chi connectivity index (χ0) is 15.1. The fraction of sp³-hybridized carbons (Fsp3) is 0.400. The Morgan fingerprint density at radius 3 is 2.77 bits per heavy atom. The Morgan fingerprint density at radius 2 is 2.09 bits per heavy atom. The quantitative estimate of drug-likeness (QED) is 0.926. The SMILES string of the molecule is CC1(CN)CCN(S(=O)(=O)c2cnc3ccccc3c2)C1.Cl. The highest BCUT2D eigenvalue weighted by Crippen LogP contribution is 2.32. The molecule has 0 saturated carbocycles. The molecule has 0 radical (unpaired) electrons. The van der Waals surface area contributed by atoms with Gasteiger partial charge in [-0.25, -0.2) is 8.42 Å². The molecule has 2 aromatic rings. The van der Waals surface area contributed by atoms with Crippen LogP contribution >= 0.6 is 12.4 Å². The van der Waals surface area contributed by atoms with Crippen molar-refractivity contribution in [2.24, 2.45) is 11.1 Å². The second kappa shape index (κ2) is 6.12. The van der Waals surface area contributed by atoms with E-state index in [1.165, 1.54) is 10.5 Å². The van der Waals surface area contributed by atoms with Crippen molar-refractivity contribution in [3.63, 3.8) is 0 Å². The standard InChI is InChI=1S/C15H19N3O2S.ClH/c1-15(10-16)6-7-18(11-15)21(19,20)13-8-12-4-2-3-5-14(12)17-9-13;/h2-5,8-9H,6-7,10-11,16H2,1H3;1H. The Bertz CT molecular complexity index is 781. The van der Waals surface area contributed by atoms with Crippen LogP contribution in [0, 0.1) is 5.41 Å². The van der Waals surface area contributed by atoms with E-state index in [2.05, 4.69) is 4.98 Å². The molecular weight excluding hydrogens is 322 g/mol. The molecule has 1 aliphatic heterocycles. The molecule has 2 N–H and O–H groups in total. The summed E-state index contributed by atoms with van der Waals surface area (Å²) in [6.45, 7) is 3.51. The van der Waals surface area contributed by atoms with Crippen molar-refractivity contribution in [3.05, 3.63) is 36.5 Å². The topological polar surface area (TPSA) is 76.3 Å². The van der Waals surface area contributed by atoms with Gasteiger partial charge in [0.2, 0.25) is 10.0 Å². The first-order valence-electron chi connectivity index (χ1n) is 7.00. The van der Waals surface area contributed by atoms with Crippen molar-refractivity contribution in [1.82, 2.24) is 9.29 Å². The zero-order valence-electron chi connectivity index (χ0n) is 12.4. The predicted molar refractivity (Wildman–Crippen MR) is 89.5 cm³/mol. The molecular formula is C15H20ClN3O2S. The van der Waals surface area contributed by atoms with Gasteiger partial charge in [-0.2, -0.15) is 4.31 Å². The van der Waals surface area contributed by atoms with Crippen molar-refractivity contribution in [1.29, 1.82) is 0 Å². The van der Waals surface area contributed by atoms with Gasteiger partial charge in [-0.05, 0) is 30.5 Å². The summed E-state index contributed by atoms with van der Waals surface area (Å²) < 4.78 is 27.0. The van der Waals surface area contributed by atoms with E-state index in [1.54, 1.807) is 6.07 Å². The molecule has 0 spiro atoms. The van der Waals surface area contributed by atoms with Gasteiger partial charge in [-0.15, -0.1) is 12.4 Å². The van der Waals surface area contributed by atoms with Crippen LogP contribution in [0.2, 0.25) is 0 Å². The van der Waals surface area contributed by atoms with E-state index in [-0.39, 0.29) is 22.7 Å². The summed E-state index contributed by atoms with van der Waals surface area (Å²) >= 11 is 0. The van der Waals surface area contributed by atoms with Crippen LogP contribution in [-0.2, 0) is 10.0 Å². The smallest absolute Gasteiger partial charge is 0.244 e. The molecule has 1 aromatic carbocycles. The number of halogens is 1. The predicted octanol–water partition coefficient (Wildman–Crippen LogP) is 2.02. The van der Waals surface area contributed by atoms with E-state index < -0.39 is 10.0 Å². The van der Waals surface area contributed by atoms with Crippen molar-refractivity contribution < 1.29 is 8.42 Å². The second-order valence-corrected chi connectivity index (χ2v) is 7.91. The number of aromatic nitrogens is 1. The van der Waals surface area contributed by atoms with Gasteiger partial charge in [0.25, 0.3) is 0 Å². The molecule has 2 heterocycles. The number of benzene rings is 1. The first-order valence-corrected chi connectivity index (χ1v) is 8.44. The summed E-state index contributed by atoms with van der Waals surface area (Å²) in [5.74, 6) is 0. The molecule has 1 aliphatic rings. The lowest BCUT2D eigenvalue weighted by atomic mass is 9.90. The highest BCUT2D eigenvalue weighted by atomic mass is 35.5. The molecule has 120 valence electrons. The molecule has 3 rings (SSSR count). The molecule has 22 heavy (non-hydrogen) atoms. The van der Waals surface area contributed by atoms with Gasteiger partial charge in [-0.1, -0.05) is 25.1 Å². The molecule has 0 amide bonds. The molecule has 7 heteroatoms. The van der Waals surface area contributed by atoms with Crippen molar-refractivity contribution in [2.75, 3.05) is 19.6 Å². The average molecular weight is 342 g/mol. The van der Waals surface area contributed by atoms with Crippen LogP contribution in [0.1, 0.15) is 13.3 Å². The van der Waals surface area contributed by atoms with Crippen molar-refractivity contribution in [3.8, 4) is 0 Å². The number of fused-ring (bicyclic) bond motifs is 1. The number of rotatable bonds is 3. The minimum Gasteiger partial charge on any atom is -0.330 e. The van der Waals surface area contributed by atoms with Gasteiger partial charge in [0.05, 0.1) is 5.52 Å². The molecule has 0 bridgehead atoms. The van der Waals surface area contributed by atoms with Crippen LogP contribution in [0.25, 0.3) is 10.9 Å². The van der Waals surface area contributed by atoms with E-state index >= 15 is 0 Å². The van der Waals surface area contributed by atoms with E-state index in [0.29, 0.717) is 19.6 Å². The molecule has 1 fully saturated rings. The van der Waals surface area contributed by atoms with Crippen LogP contribution < -0.4 is 5.73 Å². The van der Waals surface area contributed by atoms with Crippen LogP contribution in [-0.4, -0.2) is 37.3 Å². The number of nitrogens with two attached hydrogens (primary N) is 1. The minimum absolute atomic E-state index is 0. The van der Waals surface area contributed by atoms with Crippen LogP contribution in [0.4, 0.5) is 0 Å². The van der Waals surface area contributed by atoms with E-state index in [0.717, 1.165) is 17.3 Å². The summed E-state index contributed by atoms with van der Waals surface area (Å²) in [5.41, 5.74) is 6.42. The Kier molecular flexibility index (Phi) is 4.77. The number of sulfonamides is 1. The van der Waals surface area contributed by atoms with Gasteiger partial charge in [0.15, 0.2) is 0 Å². The highest BCUT2D eigenvalue weighted by molar-refractivity contribution is 7.89. The number of para-hydroxylation sites is 1.